The van der Waals surface area contributed by atoms with Crippen LogP contribution in [0.25, 0.3) is 0 Å². The summed E-state index contributed by atoms with van der Waals surface area (Å²) in [5.74, 6) is 2.25. The SMILES string of the molecule is COc1ccc([C@@H]2C[C@H]2c2[c]cccc2)cc1.[Br-].[Zn]. The monoisotopic (exact) mass is 366 g/mol. The number of ether oxygens (including phenoxy) is 1. The predicted octanol–water partition coefficient (Wildman–Crippen LogP) is 0.768. The number of methoxy groups -OCH3 is 1. The molecule has 0 N–H and O–H groups in total. The third kappa shape index (κ3) is 3.67. The molecule has 1 aliphatic rings. The zero-order valence-electron chi connectivity index (χ0n) is 11.0. The van der Waals surface area contributed by atoms with Crippen molar-refractivity contribution < 1.29 is 41.2 Å². The molecule has 0 spiro atoms. The Kier molecular flexibility index (Phi) is 6.22. The van der Waals surface area contributed by atoms with Crippen molar-refractivity contribution in [3.8, 4) is 5.75 Å². The Morgan fingerprint density at radius 1 is 1.05 bits per heavy atom. The minimum absolute atomic E-state index is 0. The van der Waals surface area contributed by atoms with Gasteiger partial charge in [0.25, 0.3) is 0 Å². The van der Waals surface area contributed by atoms with Gasteiger partial charge in [-0.15, -0.1) is 0 Å². The molecule has 3 heteroatoms. The Labute approximate surface area is 137 Å². The average Bonchev–Trinajstić information content (AvgIpc) is 3.20. The molecule has 2 aromatic rings. The minimum atomic E-state index is 0. The van der Waals surface area contributed by atoms with Gasteiger partial charge in [-0.05, 0) is 47.6 Å². The Morgan fingerprint density at radius 2 is 1.79 bits per heavy atom. The maximum absolute atomic E-state index is 5.17. The first-order chi connectivity index (χ1) is 8.38. The summed E-state index contributed by atoms with van der Waals surface area (Å²) >= 11 is 0. The van der Waals surface area contributed by atoms with E-state index in [2.05, 4.69) is 30.3 Å². The van der Waals surface area contributed by atoms with Crippen LogP contribution in [0.5, 0.6) is 5.75 Å². The van der Waals surface area contributed by atoms with Gasteiger partial charge in [-0.2, -0.15) is 0 Å². The molecule has 1 aliphatic carbocycles. The van der Waals surface area contributed by atoms with Crippen LogP contribution < -0.4 is 21.7 Å². The van der Waals surface area contributed by atoms with E-state index in [1.165, 1.54) is 17.5 Å². The standard InChI is InChI=1S/C16H15O.BrH.Zn/c1-17-14-9-7-13(8-10-14)16-11-15(16)12-5-3-2-4-6-12;;/h2-5,7-10,15-16H,11H2,1H3;1H;/p-1/t15-,16-;;/m0../s1. The van der Waals surface area contributed by atoms with Crippen LogP contribution in [0.15, 0.2) is 48.5 Å². The van der Waals surface area contributed by atoms with Gasteiger partial charge in [-0.3, -0.25) is 0 Å². The normalized spacial score (nSPS) is 19.8. The minimum Gasteiger partial charge on any atom is -1.00 e. The van der Waals surface area contributed by atoms with Crippen molar-refractivity contribution in [2.75, 3.05) is 7.11 Å². The number of hydrogen-bond acceptors (Lipinski definition) is 1. The van der Waals surface area contributed by atoms with Crippen LogP contribution in [0.1, 0.15) is 29.4 Å². The van der Waals surface area contributed by atoms with E-state index in [1.807, 2.05) is 24.3 Å². The van der Waals surface area contributed by atoms with Crippen LogP contribution in [0.3, 0.4) is 0 Å². The predicted molar refractivity (Wildman–Crippen MR) is 68.4 cm³/mol. The summed E-state index contributed by atoms with van der Waals surface area (Å²) in [7, 11) is 1.70. The fraction of sp³-hybridized carbons (Fsp3) is 0.250. The van der Waals surface area contributed by atoms with Gasteiger partial charge in [-0.1, -0.05) is 36.4 Å². The fourth-order valence-electron chi connectivity index (χ4n) is 2.40. The smallest absolute Gasteiger partial charge is 0.118 e. The maximum Gasteiger partial charge on any atom is 0.118 e. The van der Waals surface area contributed by atoms with E-state index < -0.39 is 0 Å². The van der Waals surface area contributed by atoms with E-state index in [0.29, 0.717) is 11.8 Å². The molecule has 0 aromatic heterocycles. The number of halogens is 1. The van der Waals surface area contributed by atoms with Crippen molar-refractivity contribution in [3.63, 3.8) is 0 Å². The van der Waals surface area contributed by atoms with Gasteiger partial charge in [0, 0.05) is 19.5 Å². The molecule has 1 nitrogen and oxygen atoms in total. The first-order valence-corrected chi connectivity index (χ1v) is 5.99. The van der Waals surface area contributed by atoms with E-state index in [4.69, 9.17) is 4.74 Å². The molecule has 0 bridgehead atoms. The second-order valence-corrected chi connectivity index (χ2v) is 4.54. The Balaban J connectivity index is 0.000000902. The number of rotatable bonds is 3. The molecule has 0 amide bonds. The Bertz CT molecular complexity index is 498. The molecule has 0 aliphatic heterocycles. The molecule has 1 fully saturated rings. The van der Waals surface area contributed by atoms with E-state index in [1.54, 1.807) is 7.11 Å². The summed E-state index contributed by atoms with van der Waals surface area (Å²) in [6, 6.07) is 20.0. The molecule has 0 heterocycles. The van der Waals surface area contributed by atoms with Gasteiger partial charge in [-0.25, -0.2) is 0 Å². The first-order valence-electron chi connectivity index (χ1n) is 5.99. The molecule has 0 saturated heterocycles. The van der Waals surface area contributed by atoms with E-state index in [0.717, 1.165) is 5.75 Å². The van der Waals surface area contributed by atoms with E-state index in [-0.39, 0.29) is 36.5 Å². The van der Waals surface area contributed by atoms with Crippen molar-refractivity contribution >= 4 is 0 Å². The topological polar surface area (TPSA) is 9.23 Å². The van der Waals surface area contributed by atoms with Crippen LogP contribution in [0.2, 0.25) is 0 Å². The van der Waals surface area contributed by atoms with Crippen LogP contribution in [0.4, 0.5) is 0 Å². The zero-order chi connectivity index (χ0) is 11.7. The van der Waals surface area contributed by atoms with Crippen LogP contribution in [0, 0.1) is 6.07 Å². The summed E-state index contributed by atoms with van der Waals surface area (Å²) in [5, 5.41) is 0. The van der Waals surface area contributed by atoms with E-state index >= 15 is 0 Å². The quantitative estimate of drug-likeness (QED) is 0.727. The molecule has 0 unspecified atom stereocenters. The average molecular weight is 369 g/mol. The maximum atomic E-state index is 5.17. The third-order valence-electron chi connectivity index (χ3n) is 3.47. The molecule has 3 rings (SSSR count). The molecule has 1 saturated carbocycles. The van der Waals surface area contributed by atoms with Crippen LogP contribution >= 0.6 is 0 Å². The summed E-state index contributed by atoms with van der Waals surface area (Å²) in [6.07, 6.45) is 1.24. The second-order valence-electron chi connectivity index (χ2n) is 4.54. The molecule has 1 radical (unpaired) electrons. The molecular formula is C16H15BrOZn-. The third-order valence-corrected chi connectivity index (χ3v) is 3.47. The van der Waals surface area contributed by atoms with Crippen LogP contribution in [-0.4, -0.2) is 7.11 Å². The van der Waals surface area contributed by atoms with Gasteiger partial charge in [0.05, 0.1) is 7.11 Å². The van der Waals surface area contributed by atoms with Crippen molar-refractivity contribution in [3.05, 3.63) is 65.7 Å². The summed E-state index contributed by atoms with van der Waals surface area (Å²) in [4.78, 5) is 0. The Morgan fingerprint density at radius 3 is 2.37 bits per heavy atom. The fourth-order valence-corrected chi connectivity index (χ4v) is 2.40. The first kappa shape index (κ1) is 16.4. The summed E-state index contributed by atoms with van der Waals surface area (Å²) < 4.78 is 5.17. The van der Waals surface area contributed by atoms with Crippen molar-refractivity contribution in [2.45, 2.75) is 18.3 Å². The van der Waals surface area contributed by atoms with Crippen molar-refractivity contribution in [1.82, 2.24) is 0 Å². The van der Waals surface area contributed by atoms with Gasteiger partial charge in [0.15, 0.2) is 0 Å². The summed E-state index contributed by atoms with van der Waals surface area (Å²) in [6.45, 7) is 0. The van der Waals surface area contributed by atoms with Crippen LogP contribution in [-0.2, 0) is 19.5 Å². The molecule has 19 heavy (non-hydrogen) atoms. The van der Waals surface area contributed by atoms with Crippen molar-refractivity contribution in [2.24, 2.45) is 0 Å². The molecule has 95 valence electrons. The summed E-state index contributed by atoms with van der Waals surface area (Å²) in [5.41, 5.74) is 2.75. The Hall–Kier alpha value is -0.657. The molecule has 2 aromatic carbocycles. The molecule has 2 atom stereocenters. The number of benzene rings is 2. The van der Waals surface area contributed by atoms with Gasteiger partial charge >= 0.3 is 0 Å². The zero-order valence-corrected chi connectivity index (χ0v) is 15.5. The number of hydrogen-bond donors (Lipinski definition) is 0. The second kappa shape index (κ2) is 7.21. The van der Waals surface area contributed by atoms with Crippen molar-refractivity contribution in [1.29, 1.82) is 0 Å². The van der Waals surface area contributed by atoms with Gasteiger partial charge in [0.1, 0.15) is 5.75 Å². The van der Waals surface area contributed by atoms with Gasteiger partial charge < -0.3 is 21.7 Å². The molecular weight excluding hydrogens is 353 g/mol. The van der Waals surface area contributed by atoms with Gasteiger partial charge in [0.2, 0.25) is 0 Å². The van der Waals surface area contributed by atoms with E-state index in [9.17, 15) is 0 Å². The largest absolute Gasteiger partial charge is 1.00 e.